The summed E-state index contributed by atoms with van der Waals surface area (Å²) in [5.41, 5.74) is 0.483. The smallest absolute Gasteiger partial charge is 0.156 e. The number of ketones is 1. The van der Waals surface area contributed by atoms with Gasteiger partial charge in [0.1, 0.15) is 6.07 Å². The first-order chi connectivity index (χ1) is 6.13. The summed E-state index contributed by atoms with van der Waals surface area (Å²) in [5, 5.41) is 12.4. The largest absolute Gasteiger partial charge is 0.297 e. The van der Waals surface area contributed by atoms with E-state index in [1.807, 2.05) is 19.9 Å². The molecule has 0 aromatic carbocycles. The predicted molar refractivity (Wildman–Crippen MR) is 46.8 cm³/mol. The normalized spacial score (nSPS) is 10.0. The number of Topliss-reactive ketones (excluding diaryl/α,β-unsaturated/α-hetero) is 1. The fourth-order valence-electron chi connectivity index (χ4n) is 0.850. The van der Waals surface area contributed by atoms with E-state index in [-0.39, 0.29) is 18.2 Å². The molecule has 0 fully saturated rings. The van der Waals surface area contributed by atoms with E-state index in [0.29, 0.717) is 5.56 Å². The van der Waals surface area contributed by atoms with Crippen molar-refractivity contribution in [2.45, 2.75) is 20.4 Å². The summed E-state index contributed by atoms with van der Waals surface area (Å²) in [6, 6.07) is 1.96. The summed E-state index contributed by atoms with van der Waals surface area (Å²) in [4.78, 5) is 11.3. The van der Waals surface area contributed by atoms with Crippen LogP contribution in [-0.2, 0) is 11.3 Å². The van der Waals surface area contributed by atoms with E-state index < -0.39 is 0 Å². The number of carbonyl (C=O) groups excluding carboxylic acids is 1. The van der Waals surface area contributed by atoms with Crippen molar-refractivity contribution in [1.29, 1.82) is 5.26 Å². The van der Waals surface area contributed by atoms with Gasteiger partial charge in [-0.25, -0.2) is 0 Å². The summed E-state index contributed by atoms with van der Waals surface area (Å²) in [5.74, 6) is 0.127. The van der Waals surface area contributed by atoms with Gasteiger partial charge >= 0.3 is 0 Å². The fraction of sp³-hybridized carbons (Fsp3) is 0.444. The second-order valence-corrected chi connectivity index (χ2v) is 3.16. The maximum absolute atomic E-state index is 11.3. The predicted octanol–water partition coefficient (Wildman–Crippen LogP) is 0.980. The Hall–Kier alpha value is -1.63. The minimum atomic E-state index is 0.00901. The van der Waals surface area contributed by atoms with Crippen LogP contribution in [-0.4, -0.2) is 15.6 Å². The molecule has 1 rings (SSSR count). The van der Waals surface area contributed by atoms with Crippen molar-refractivity contribution in [2.24, 2.45) is 5.92 Å². The van der Waals surface area contributed by atoms with Gasteiger partial charge in [-0.2, -0.15) is 10.4 Å². The Morgan fingerprint density at radius 2 is 2.46 bits per heavy atom. The van der Waals surface area contributed by atoms with Crippen molar-refractivity contribution in [3.8, 4) is 6.07 Å². The SMILES string of the molecule is CC(C)C(=O)Cn1cc(C#N)cn1. The van der Waals surface area contributed by atoms with Gasteiger partial charge in [-0.05, 0) is 0 Å². The van der Waals surface area contributed by atoms with Crippen LogP contribution in [0.4, 0.5) is 0 Å². The lowest BCUT2D eigenvalue weighted by Crippen LogP contribution is -2.15. The fourth-order valence-corrected chi connectivity index (χ4v) is 0.850. The lowest BCUT2D eigenvalue weighted by Gasteiger charge is -2.02. The third-order valence-electron chi connectivity index (χ3n) is 1.72. The van der Waals surface area contributed by atoms with Crippen LogP contribution in [0.1, 0.15) is 19.4 Å². The highest BCUT2D eigenvalue weighted by atomic mass is 16.1. The highest BCUT2D eigenvalue weighted by molar-refractivity contribution is 5.79. The number of rotatable bonds is 3. The molecule has 0 aliphatic heterocycles. The van der Waals surface area contributed by atoms with E-state index in [4.69, 9.17) is 5.26 Å². The van der Waals surface area contributed by atoms with Crippen LogP contribution in [0.3, 0.4) is 0 Å². The first-order valence-corrected chi connectivity index (χ1v) is 4.08. The average Bonchev–Trinajstić information content (AvgIpc) is 2.52. The average molecular weight is 177 g/mol. The minimum Gasteiger partial charge on any atom is -0.297 e. The molecule has 0 N–H and O–H groups in total. The highest BCUT2D eigenvalue weighted by Gasteiger charge is 2.08. The van der Waals surface area contributed by atoms with E-state index in [9.17, 15) is 4.79 Å². The first-order valence-electron chi connectivity index (χ1n) is 4.08. The zero-order valence-electron chi connectivity index (χ0n) is 7.69. The lowest BCUT2D eigenvalue weighted by atomic mass is 10.1. The van der Waals surface area contributed by atoms with Gasteiger partial charge in [-0.3, -0.25) is 9.48 Å². The number of nitrogens with zero attached hydrogens (tertiary/aromatic N) is 3. The van der Waals surface area contributed by atoms with Crippen LogP contribution in [0.5, 0.6) is 0 Å². The van der Waals surface area contributed by atoms with Crippen LogP contribution in [0, 0.1) is 17.2 Å². The van der Waals surface area contributed by atoms with Crippen LogP contribution >= 0.6 is 0 Å². The summed E-state index contributed by atoms with van der Waals surface area (Å²) < 4.78 is 1.49. The van der Waals surface area contributed by atoms with Crippen LogP contribution < -0.4 is 0 Å². The molecular formula is C9H11N3O. The Kier molecular flexibility index (Phi) is 2.80. The Morgan fingerprint density at radius 1 is 1.77 bits per heavy atom. The van der Waals surface area contributed by atoms with Crippen molar-refractivity contribution in [3.63, 3.8) is 0 Å². The number of hydrogen-bond acceptors (Lipinski definition) is 3. The lowest BCUT2D eigenvalue weighted by molar-refractivity contribution is -0.122. The van der Waals surface area contributed by atoms with Gasteiger partial charge in [0.05, 0.1) is 18.3 Å². The molecule has 4 nitrogen and oxygen atoms in total. The van der Waals surface area contributed by atoms with Crippen molar-refractivity contribution in [3.05, 3.63) is 18.0 Å². The standard InChI is InChI=1S/C9H11N3O/c1-7(2)9(13)6-12-5-8(3-10)4-11-12/h4-5,7H,6H2,1-2H3. The number of carbonyl (C=O) groups is 1. The first kappa shape index (κ1) is 9.46. The molecule has 1 heterocycles. The van der Waals surface area contributed by atoms with Gasteiger partial charge in [0.15, 0.2) is 5.78 Å². The van der Waals surface area contributed by atoms with Crippen LogP contribution in [0.25, 0.3) is 0 Å². The molecule has 0 unspecified atom stereocenters. The van der Waals surface area contributed by atoms with Gasteiger partial charge < -0.3 is 0 Å². The third kappa shape index (κ3) is 2.41. The topological polar surface area (TPSA) is 58.7 Å². The zero-order chi connectivity index (χ0) is 9.84. The Morgan fingerprint density at radius 3 is 2.92 bits per heavy atom. The monoisotopic (exact) mass is 177 g/mol. The van der Waals surface area contributed by atoms with E-state index in [1.165, 1.54) is 10.9 Å². The van der Waals surface area contributed by atoms with E-state index in [2.05, 4.69) is 5.10 Å². The number of aromatic nitrogens is 2. The van der Waals surface area contributed by atoms with Crippen molar-refractivity contribution < 1.29 is 4.79 Å². The molecule has 0 aliphatic rings. The molecule has 13 heavy (non-hydrogen) atoms. The molecule has 68 valence electrons. The number of nitriles is 1. The second kappa shape index (κ2) is 3.85. The molecule has 1 aromatic heterocycles. The molecule has 0 spiro atoms. The van der Waals surface area contributed by atoms with Crippen LogP contribution in [0.2, 0.25) is 0 Å². The van der Waals surface area contributed by atoms with Gasteiger partial charge in [-0.15, -0.1) is 0 Å². The Balaban J connectivity index is 2.65. The molecule has 0 amide bonds. The summed E-state index contributed by atoms with van der Waals surface area (Å²) in [7, 11) is 0. The van der Waals surface area contributed by atoms with E-state index in [1.54, 1.807) is 6.20 Å². The molecule has 4 heteroatoms. The highest BCUT2D eigenvalue weighted by Crippen LogP contribution is 1.99. The van der Waals surface area contributed by atoms with Crippen molar-refractivity contribution in [2.75, 3.05) is 0 Å². The molecular weight excluding hydrogens is 166 g/mol. The minimum absolute atomic E-state index is 0.00901. The van der Waals surface area contributed by atoms with Crippen molar-refractivity contribution >= 4 is 5.78 Å². The maximum Gasteiger partial charge on any atom is 0.156 e. The molecule has 0 radical (unpaired) electrons. The number of hydrogen-bond donors (Lipinski definition) is 0. The summed E-state index contributed by atoms with van der Waals surface area (Å²) in [6.45, 7) is 3.94. The molecule has 0 aliphatic carbocycles. The van der Waals surface area contributed by atoms with Gasteiger partial charge in [0.25, 0.3) is 0 Å². The summed E-state index contributed by atoms with van der Waals surface area (Å²) >= 11 is 0. The van der Waals surface area contributed by atoms with E-state index >= 15 is 0 Å². The Labute approximate surface area is 76.8 Å². The summed E-state index contributed by atoms with van der Waals surface area (Å²) in [6.07, 6.45) is 3.02. The molecule has 0 saturated carbocycles. The van der Waals surface area contributed by atoms with Gasteiger partial charge in [0.2, 0.25) is 0 Å². The Bertz CT molecular complexity index is 346. The third-order valence-corrected chi connectivity index (χ3v) is 1.72. The van der Waals surface area contributed by atoms with Crippen LogP contribution in [0.15, 0.2) is 12.4 Å². The maximum atomic E-state index is 11.3. The molecule has 1 aromatic rings. The van der Waals surface area contributed by atoms with E-state index in [0.717, 1.165) is 0 Å². The molecule has 0 atom stereocenters. The van der Waals surface area contributed by atoms with Gasteiger partial charge in [0, 0.05) is 12.1 Å². The van der Waals surface area contributed by atoms with Crippen molar-refractivity contribution in [1.82, 2.24) is 9.78 Å². The molecule has 0 bridgehead atoms. The molecule has 0 saturated heterocycles. The second-order valence-electron chi connectivity index (χ2n) is 3.16. The quantitative estimate of drug-likeness (QED) is 0.691. The van der Waals surface area contributed by atoms with Gasteiger partial charge in [-0.1, -0.05) is 13.8 Å². The zero-order valence-corrected chi connectivity index (χ0v) is 7.69.